The standard InChI is InChI=1S/C15H24N4O6S2/c1-11-9-13(18-25-11)17-15(21)12(2)26-10-14(20)16-3-8-27(22,23)19-4-6-24-7-5-19/h9,12H,3-8,10H2,1-2H3,(H,16,20)(H,17,18,21). The summed E-state index contributed by atoms with van der Waals surface area (Å²) in [4.78, 5) is 23.9. The molecule has 12 heteroatoms. The maximum Gasteiger partial charge on any atom is 0.238 e. The van der Waals surface area contributed by atoms with Gasteiger partial charge in [-0.2, -0.15) is 4.31 Å². The minimum absolute atomic E-state index is 0.0257. The molecule has 10 nitrogen and oxygen atoms in total. The third-order valence-corrected chi connectivity index (χ3v) is 6.77. The van der Waals surface area contributed by atoms with Gasteiger partial charge in [0.25, 0.3) is 0 Å². The van der Waals surface area contributed by atoms with E-state index in [-0.39, 0.29) is 29.9 Å². The number of hydrogen-bond acceptors (Lipinski definition) is 8. The number of carbonyl (C=O) groups excluding carboxylic acids is 2. The van der Waals surface area contributed by atoms with Gasteiger partial charge >= 0.3 is 0 Å². The summed E-state index contributed by atoms with van der Waals surface area (Å²) in [5.41, 5.74) is 0. The van der Waals surface area contributed by atoms with Crippen molar-refractivity contribution < 1.29 is 27.3 Å². The van der Waals surface area contributed by atoms with Crippen LogP contribution in [0.15, 0.2) is 10.6 Å². The molecule has 2 N–H and O–H groups in total. The molecule has 0 bridgehead atoms. The maximum absolute atomic E-state index is 12.1. The van der Waals surface area contributed by atoms with Crippen LogP contribution in [-0.2, 0) is 24.3 Å². The highest BCUT2D eigenvalue weighted by Gasteiger charge is 2.24. The molecule has 1 aliphatic heterocycles. The highest BCUT2D eigenvalue weighted by Crippen LogP contribution is 2.14. The lowest BCUT2D eigenvalue weighted by molar-refractivity contribution is -0.118. The average molecular weight is 421 g/mol. The minimum Gasteiger partial charge on any atom is -0.379 e. The Kier molecular flexibility index (Phi) is 8.07. The second-order valence-electron chi connectivity index (χ2n) is 5.94. The summed E-state index contributed by atoms with van der Waals surface area (Å²) >= 11 is 1.15. The van der Waals surface area contributed by atoms with Gasteiger partial charge in [-0.3, -0.25) is 9.59 Å². The van der Waals surface area contributed by atoms with E-state index in [2.05, 4.69) is 15.8 Å². The Bertz CT molecular complexity index is 745. The number of rotatable bonds is 9. The Morgan fingerprint density at radius 2 is 2.07 bits per heavy atom. The number of carbonyl (C=O) groups is 2. The van der Waals surface area contributed by atoms with Crippen LogP contribution in [0, 0.1) is 6.92 Å². The molecule has 2 rings (SSSR count). The monoisotopic (exact) mass is 420 g/mol. The molecule has 0 radical (unpaired) electrons. The number of ether oxygens (including phenoxy) is 1. The van der Waals surface area contributed by atoms with Crippen LogP contribution < -0.4 is 10.6 Å². The summed E-state index contributed by atoms with van der Waals surface area (Å²) in [7, 11) is -3.40. The summed E-state index contributed by atoms with van der Waals surface area (Å²) < 4.78 is 35.7. The molecule has 1 unspecified atom stereocenters. The second-order valence-corrected chi connectivity index (χ2v) is 9.36. The highest BCUT2D eigenvalue weighted by molar-refractivity contribution is 8.01. The Morgan fingerprint density at radius 3 is 2.70 bits per heavy atom. The first-order valence-corrected chi connectivity index (χ1v) is 11.1. The lowest BCUT2D eigenvalue weighted by Crippen LogP contribution is -2.44. The fourth-order valence-electron chi connectivity index (χ4n) is 2.25. The molecular weight excluding hydrogens is 396 g/mol. The van der Waals surface area contributed by atoms with Crippen molar-refractivity contribution in [3.8, 4) is 0 Å². The molecule has 152 valence electrons. The third-order valence-electron chi connectivity index (χ3n) is 3.76. The molecular formula is C15H24N4O6S2. The van der Waals surface area contributed by atoms with Crippen LogP contribution in [0.3, 0.4) is 0 Å². The number of hydrogen-bond donors (Lipinski definition) is 2. The van der Waals surface area contributed by atoms with Crippen LogP contribution in [0.1, 0.15) is 12.7 Å². The molecule has 2 heterocycles. The average Bonchev–Trinajstić information content (AvgIpc) is 3.05. The van der Waals surface area contributed by atoms with Crippen LogP contribution in [0.5, 0.6) is 0 Å². The van der Waals surface area contributed by atoms with Crippen molar-refractivity contribution in [3.63, 3.8) is 0 Å². The molecule has 1 aliphatic rings. The predicted molar refractivity (Wildman–Crippen MR) is 101 cm³/mol. The fourth-order valence-corrected chi connectivity index (χ4v) is 4.29. The van der Waals surface area contributed by atoms with Gasteiger partial charge in [0, 0.05) is 25.7 Å². The van der Waals surface area contributed by atoms with Crippen LogP contribution in [0.4, 0.5) is 5.82 Å². The van der Waals surface area contributed by atoms with Crippen molar-refractivity contribution in [2.45, 2.75) is 19.1 Å². The third kappa shape index (κ3) is 7.13. The van der Waals surface area contributed by atoms with Gasteiger partial charge in [-0.05, 0) is 13.8 Å². The summed E-state index contributed by atoms with van der Waals surface area (Å²) in [5.74, 6) is 0.166. The van der Waals surface area contributed by atoms with E-state index in [1.165, 1.54) is 4.31 Å². The van der Waals surface area contributed by atoms with Crippen LogP contribution in [0.25, 0.3) is 0 Å². The molecule has 0 aliphatic carbocycles. The zero-order valence-electron chi connectivity index (χ0n) is 15.3. The molecule has 0 spiro atoms. The van der Waals surface area contributed by atoms with Crippen molar-refractivity contribution in [2.75, 3.05) is 49.7 Å². The molecule has 27 heavy (non-hydrogen) atoms. The van der Waals surface area contributed by atoms with Crippen LogP contribution >= 0.6 is 11.8 Å². The number of nitrogens with one attached hydrogen (secondary N) is 2. The Morgan fingerprint density at radius 1 is 1.37 bits per heavy atom. The number of aryl methyl sites for hydroxylation is 1. The van der Waals surface area contributed by atoms with E-state index < -0.39 is 15.3 Å². The number of thioether (sulfide) groups is 1. The van der Waals surface area contributed by atoms with Gasteiger partial charge in [-0.15, -0.1) is 11.8 Å². The molecule has 1 aromatic heterocycles. The Balaban J connectivity index is 1.65. The van der Waals surface area contributed by atoms with E-state index in [1.807, 2.05) is 0 Å². The molecule has 1 aromatic rings. The smallest absolute Gasteiger partial charge is 0.238 e. The van der Waals surface area contributed by atoms with Gasteiger partial charge in [-0.25, -0.2) is 8.42 Å². The first-order valence-electron chi connectivity index (χ1n) is 8.46. The number of anilines is 1. The van der Waals surface area contributed by atoms with E-state index in [4.69, 9.17) is 9.26 Å². The first kappa shape index (κ1) is 21.7. The lowest BCUT2D eigenvalue weighted by Gasteiger charge is -2.26. The summed E-state index contributed by atoms with van der Waals surface area (Å²) in [6, 6.07) is 1.59. The van der Waals surface area contributed by atoms with E-state index in [1.54, 1.807) is 19.9 Å². The number of amides is 2. The number of morpholine rings is 1. The fraction of sp³-hybridized carbons (Fsp3) is 0.667. The minimum atomic E-state index is -3.40. The quantitative estimate of drug-likeness (QED) is 0.563. The van der Waals surface area contributed by atoms with Gasteiger partial charge < -0.3 is 19.9 Å². The van der Waals surface area contributed by atoms with E-state index in [9.17, 15) is 18.0 Å². The van der Waals surface area contributed by atoms with Crippen molar-refractivity contribution in [1.29, 1.82) is 0 Å². The van der Waals surface area contributed by atoms with Crippen LogP contribution in [0.2, 0.25) is 0 Å². The first-order chi connectivity index (χ1) is 12.8. The van der Waals surface area contributed by atoms with Gasteiger partial charge in [0.1, 0.15) is 5.76 Å². The van der Waals surface area contributed by atoms with Gasteiger partial charge in [-0.1, -0.05) is 5.16 Å². The summed E-state index contributed by atoms with van der Waals surface area (Å²) in [6.45, 7) is 4.85. The van der Waals surface area contributed by atoms with E-state index in [0.717, 1.165) is 11.8 Å². The van der Waals surface area contributed by atoms with Gasteiger partial charge in [0.2, 0.25) is 21.8 Å². The summed E-state index contributed by atoms with van der Waals surface area (Å²) in [5, 5.41) is 8.35. The number of sulfonamides is 1. The zero-order chi connectivity index (χ0) is 19.9. The highest BCUT2D eigenvalue weighted by atomic mass is 32.2. The van der Waals surface area contributed by atoms with Crippen molar-refractivity contribution >= 4 is 39.4 Å². The molecule has 1 atom stereocenters. The lowest BCUT2D eigenvalue weighted by atomic mass is 10.4. The molecule has 0 saturated carbocycles. The van der Waals surface area contributed by atoms with E-state index in [0.29, 0.717) is 37.9 Å². The SMILES string of the molecule is Cc1cc(NC(=O)C(C)SCC(=O)NCCS(=O)(=O)N2CCOCC2)no1. The largest absolute Gasteiger partial charge is 0.379 e. The van der Waals surface area contributed by atoms with E-state index >= 15 is 0 Å². The number of nitrogens with zero attached hydrogens (tertiary/aromatic N) is 2. The zero-order valence-corrected chi connectivity index (χ0v) is 16.9. The van der Waals surface area contributed by atoms with Crippen LogP contribution in [-0.4, -0.2) is 79.3 Å². The Labute approximate surface area is 162 Å². The molecule has 1 fully saturated rings. The maximum atomic E-state index is 12.1. The van der Waals surface area contributed by atoms with Crippen molar-refractivity contribution in [3.05, 3.63) is 11.8 Å². The molecule has 1 saturated heterocycles. The van der Waals surface area contributed by atoms with Crippen molar-refractivity contribution in [2.24, 2.45) is 0 Å². The second kappa shape index (κ2) is 10.1. The normalized spacial score (nSPS) is 16.7. The Hall–Kier alpha value is -1.63. The van der Waals surface area contributed by atoms with Gasteiger partial charge in [0.05, 0.1) is 30.0 Å². The van der Waals surface area contributed by atoms with Crippen molar-refractivity contribution in [1.82, 2.24) is 14.8 Å². The summed E-state index contributed by atoms with van der Waals surface area (Å²) in [6.07, 6.45) is 0. The molecule has 0 aromatic carbocycles. The number of aromatic nitrogens is 1. The molecule has 2 amide bonds. The topological polar surface area (TPSA) is 131 Å². The van der Waals surface area contributed by atoms with Gasteiger partial charge in [0.15, 0.2) is 5.82 Å². The predicted octanol–water partition coefficient (Wildman–Crippen LogP) is -0.179.